The van der Waals surface area contributed by atoms with Crippen molar-refractivity contribution >= 4 is 50.6 Å². The molecule has 295 valence electrons. The molecule has 6 heteroatoms. The summed E-state index contributed by atoms with van der Waals surface area (Å²) in [6.45, 7) is 37.4. The van der Waals surface area contributed by atoms with Crippen molar-refractivity contribution in [3.63, 3.8) is 0 Å². The zero-order valence-electron chi connectivity index (χ0n) is 35.9. The fourth-order valence-corrected chi connectivity index (χ4v) is 18.8. The van der Waals surface area contributed by atoms with E-state index in [1.807, 2.05) is 45.2 Å². The van der Waals surface area contributed by atoms with Gasteiger partial charge in [-0.05, 0) is 82.3 Å². The average Bonchev–Trinajstić information content (AvgIpc) is 3.42. The zero-order chi connectivity index (χ0) is 39.3. The number of carbonyl (C=O) groups is 1. The Kier molecular flexibility index (Phi) is 17.0. The molecule has 0 unspecified atom stereocenters. The molecule has 2 heterocycles. The van der Waals surface area contributed by atoms with E-state index in [0.29, 0.717) is 22.8 Å². The second-order valence-corrected chi connectivity index (χ2v) is 23.5. The fourth-order valence-electron chi connectivity index (χ4n) is 10.1. The number of carbonyl (C=O) groups excluding carboxylic acids is 1. The number of aryl methyl sites for hydroxylation is 1. The van der Waals surface area contributed by atoms with Gasteiger partial charge in [-0.2, -0.15) is 11.3 Å². The maximum absolute atomic E-state index is 11.7. The van der Waals surface area contributed by atoms with Crippen molar-refractivity contribution in [3.05, 3.63) is 71.6 Å². The standard InChI is InChI=1S/C34H46NSSi.C13H24O2.Ir/c1-21(2)34(22(3)4,23(5)6)37(11,12)32-24(7)27-17-18-35-30(31(27)36-32)26-19-25-15-13-14-16-28(25)29(20-26)33(8,9)10;1-5-10(6-2)12(14)9-13(15)11(7-3)8-4;/h13-18,20-23H,1-12H3;9-11,14H,5-8H2,1-4H3;/q-1;;/b;12-9-;. The Bertz CT molecular complexity index is 1810. The van der Waals surface area contributed by atoms with Crippen LogP contribution in [-0.2, 0) is 30.3 Å². The Morgan fingerprint density at radius 2 is 1.40 bits per heavy atom. The molecule has 0 aliphatic rings. The maximum atomic E-state index is 11.7. The van der Waals surface area contributed by atoms with Crippen molar-refractivity contribution < 1.29 is 30.0 Å². The molecular weight excluding hydrogens is 863 g/mol. The summed E-state index contributed by atoms with van der Waals surface area (Å²) in [6.07, 6.45) is 6.92. The Balaban J connectivity index is 0.000000516. The van der Waals surface area contributed by atoms with E-state index < -0.39 is 8.07 Å². The van der Waals surface area contributed by atoms with E-state index in [9.17, 15) is 9.90 Å². The van der Waals surface area contributed by atoms with Crippen molar-refractivity contribution in [2.45, 2.75) is 146 Å². The van der Waals surface area contributed by atoms with Gasteiger partial charge in [0.25, 0.3) is 0 Å². The van der Waals surface area contributed by atoms with Gasteiger partial charge in [-0.3, -0.25) is 9.78 Å². The fraction of sp³-hybridized carbons (Fsp3) is 0.574. The van der Waals surface area contributed by atoms with E-state index in [1.165, 1.54) is 38.1 Å². The topological polar surface area (TPSA) is 50.2 Å². The Labute approximate surface area is 342 Å². The molecule has 4 aromatic rings. The second kappa shape index (κ2) is 19.2. The first kappa shape index (κ1) is 47.0. The van der Waals surface area contributed by atoms with Crippen LogP contribution in [0.5, 0.6) is 0 Å². The van der Waals surface area contributed by atoms with Gasteiger partial charge in [0.1, 0.15) is 8.07 Å². The summed E-state index contributed by atoms with van der Waals surface area (Å²) in [7, 11) is -1.90. The Morgan fingerprint density at radius 1 is 0.868 bits per heavy atom. The molecule has 0 saturated carbocycles. The van der Waals surface area contributed by atoms with Crippen molar-refractivity contribution in [1.29, 1.82) is 0 Å². The maximum Gasteiger partial charge on any atom is 0.162 e. The summed E-state index contributed by atoms with van der Waals surface area (Å²) < 4.78 is 2.97. The first-order valence-corrected chi connectivity index (χ1v) is 23.9. The van der Waals surface area contributed by atoms with Crippen molar-refractivity contribution in [2.75, 3.05) is 0 Å². The summed E-state index contributed by atoms with van der Waals surface area (Å²) in [4.78, 5) is 16.7. The number of hydrogen-bond acceptors (Lipinski definition) is 4. The number of allylic oxidation sites excluding steroid dienone is 2. The van der Waals surface area contributed by atoms with E-state index >= 15 is 0 Å². The number of pyridine rings is 1. The van der Waals surface area contributed by atoms with E-state index in [1.54, 1.807) is 4.50 Å². The second-order valence-electron chi connectivity index (χ2n) is 17.5. The normalized spacial score (nSPS) is 13.0. The molecule has 2 aromatic heterocycles. The van der Waals surface area contributed by atoms with Gasteiger partial charge in [0.2, 0.25) is 0 Å². The van der Waals surface area contributed by atoms with Gasteiger partial charge in [0, 0.05) is 54.6 Å². The summed E-state index contributed by atoms with van der Waals surface area (Å²) in [5.74, 6) is 2.42. The number of aliphatic hydroxyl groups is 1. The van der Waals surface area contributed by atoms with Crippen molar-refractivity contribution in [2.24, 2.45) is 29.6 Å². The molecule has 1 radical (unpaired) electrons. The minimum atomic E-state index is -1.90. The van der Waals surface area contributed by atoms with Crippen LogP contribution < -0.4 is 4.50 Å². The number of nitrogens with zero attached hydrogens (tertiary/aromatic N) is 1. The van der Waals surface area contributed by atoms with Crippen LogP contribution >= 0.6 is 11.3 Å². The minimum absolute atomic E-state index is 0. The molecule has 4 rings (SSSR count). The summed E-state index contributed by atoms with van der Waals surface area (Å²) in [6, 6.07) is 17.0. The van der Waals surface area contributed by atoms with E-state index in [0.717, 1.165) is 36.9 Å². The first-order valence-electron chi connectivity index (χ1n) is 20.0. The van der Waals surface area contributed by atoms with Gasteiger partial charge in [-0.1, -0.05) is 132 Å². The van der Waals surface area contributed by atoms with Crippen LogP contribution in [-0.4, -0.2) is 23.9 Å². The van der Waals surface area contributed by atoms with Crippen LogP contribution in [0.1, 0.15) is 127 Å². The van der Waals surface area contributed by atoms with Gasteiger partial charge >= 0.3 is 0 Å². The Hall–Kier alpha value is -2.11. The predicted octanol–water partition coefficient (Wildman–Crippen LogP) is 14.0. The monoisotopic (exact) mass is 933 g/mol. The van der Waals surface area contributed by atoms with Crippen molar-refractivity contribution in [3.8, 4) is 11.3 Å². The molecular formula is C47H70IrNO2SSi-. The number of aliphatic hydroxyl groups excluding tert-OH is 1. The van der Waals surface area contributed by atoms with Gasteiger partial charge in [-0.25, -0.2) is 0 Å². The first-order chi connectivity index (χ1) is 24.2. The van der Waals surface area contributed by atoms with Crippen LogP contribution in [0.2, 0.25) is 18.1 Å². The number of rotatable bonds is 13. The third kappa shape index (κ3) is 9.47. The number of aromatic nitrogens is 1. The molecule has 3 nitrogen and oxygen atoms in total. The number of benzene rings is 2. The third-order valence-electron chi connectivity index (χ3n) is 12.3. The van der Waals surface area contributed by atoms with Gasteiger partial charge in [0.05, 0.1) is 5.76 Å². The largest absolute Gasteiger partial charge is 0.512 e. The Morgan fingerprint density at radius 3 is 1.89 bits per heavy atom. The van der Waals surface area contributed by atoms with Gasteiger partial charge < -0.3 is 5.11 Å². The number of ketones is 1. The molecule has 1 N–H and O–H groups in total. The zero-order valence-corrected chi connectivity index (χ0v) is 40.1. The predicted molar refractivity (Wildman–Crippen MR) is 233 cm³/mol. The van der Waals surface area contributed by atoms with Crippen LogP contribution in [0.15, 0.2) is 54.4 Å². The van der Waals surface area contributed by atoms with Crippen LogP contribution in [0, 0.1) is 42.6 Å². The average molecular weight is 933 g/mol. The van der Waals surface area contributed by atoms with Crippen LogP contribution in [0.25, 0.3) is 32.1 Å². The molecule has 0 atom stereocenters. The van der Waals surface area contributed by atoms with Gasteiger partial charge in [-0.15, -0.1) is 29.1 Å². The molecule has 2 aromatic carbocycles. The molecule has 0 amide bonds. The SMILES string of the molecule is CCC(CC)C(=O)/C=C(\O)C(CC)CC.Cc1c([Si](C)(C)C(C(C)C)(C(C)C)C(C)C)sc2c(-c3[c-]c4ccccc4c(C(C)(C)C)c3)nccc12.[Ir]. The molecule has 0 spiro atoms. The molecule has 0 saturated heterocycles. The van der Waals surface area contributed by atoms with E-state index in [4.69, 9.17) is 4.98 Å². The van der Waals surface area contributed by atoms with Crippen LogP contribution in [0.3, 0.4) is 0 Å². The van der Waals surface area contributed by atoms with Crippen LogP contribution in [0.4, 0.5) is 0 Å². The molecule has 0 fully saturated rings. The molecule has 53 heavy (non-hydrogen) atoms. The number of fused-ring (bicyclic) bond motifs is 2. The molecule has 0 bridgehead atoms. The summed E-state index contributed by atoms with van der Waals surface area (Å²) in [5, 5.41) is 13.9. The number of thiophene rings is 1. The van der Waals surface area contributed by atoms with Gasteiger partial charge in [0.15, 0.2) is 5.78 Å². The quantitative estimate of drug-likeness (QED) is 0.0629. The summed E-state index contributed by atoms with van der Waals surface area (Å²) in [5.41, 5.74) is 5.07. The third-order valence-corrected chi connectivity index (χ3v) is 20.7. The molecule has 0 aliphatic heterocycles. The molecule has 0 aliphatic carbocycles. The summed E-state index contributed by atoms with van der Waals surface area (Å²) >= 11 is 2.03. The van der Waals surface area contributed by atoms with E-state index in [2.05, 4.69) is 125 Å². The van der Waals surface area contributed by atoms with Crippen molar-refractivity contribution in [1.82, 2.24) is 4.98 Å². The van der Waals surface area contributed by atoms with E-state index in [-0.39, 0.29) is 48.9 Å². The smallest absolute Gasteiger partial charge is 0.162 e. The minimum Gasteiger partial charge on any atom is -0.512 e. The number of hydrogen-bond donors (Lipinski definition) is 1.